The van der Waals surface area contributed by atoms with Gasteiger partial charge in [-0.2, -0.15) is 0 Å². The summed E-state index contributed by atoms with van der Waals surface area (Å²) in [5, 5.41) is 0. The Morgan fingerprint density at radius 1 is 1.22 bits per heavy atom. The minimum absolute atomic E-state index is 0.0704. The Bertz CT molecular complexity index is 507. The van der Waals surface area contributed by atoms with Gasteiger partial charge < -0.3 is 9.47 Å². The Kier molecular flexibility index (Phi) is 5.30. The number of hydrogen-bond donors (Lipinski definition) is 0. The number of carbonyl (C=O) groups excluding carboxylic acids is 1. The number of sulfone groups is 1. The second-order valence-electron chi connectivity index (χ2n) is 3.73. The fourth-order valence-electron chi connectivity index (χ4n) is 1.47. The van der Waals surface area contributed by atoms with Crippen molar-refractivity contribution in [2.75, 3.05) is 26.6 Å². The van der Waals surface area contributed by atoms with Crippen LogP contribution in [-0.2, 0) is 25.1 Å². The van der Waals surface area contributed by atoms with Crippen LogP contribution in [0.4, 0.5) is 0 Å². The van der Waals surface area contributed by atoms with E-state index in [0.29, 0.717) is 5.56 Å². The molecule has 0 saturated carbocycles. The summed E-state index contributed by atoms with van der Waals surface area (Å²) in [6, 6.07) is 6.51. The van der Waals surface area contributed by atoms with E-state index in [-0.39, 0.29) is 23.7 Å². The highest BCUT2D eigenvalue weighted by atomic mass is 32.2. The lowest BCUT2D eigenvalue weighted by atomic mass is 10.1. The van der Waals surface area contributed by atoms with Crippen LogP contribution in [0.15, 0.2) is 24.3 Å². The zero-order chi connectivity index (χ0) is 13.6. The van der Waals surface area contributed by atoms with Crippen LogP contribution in [0, 0.1) is 0 Å². The zero-order valence-electron chi connectivity index (χ0n) is 10.4. The summed E-state index contributed by atoms with van der Waals surface area (Å²) in [5.41, 5.74) is 0.724. The van der Waals surface area contributed by atoms with Crippen LogP contribution < -0.4 is 0 Å². The van der Waals surface area contributed by atoms with E-state index in [1.165, 1.54) is 14.2 Å². The van der Waals surface area contributed by atoms with E-state index in [4.69, 9.17) is 4.74 Å². The van der Waals surface area contributed by atoms with E-state index in [2.05, 4.69) is 4.74 Å². The predicted molar refractivity (Wildman–Crippen MR) is 67.1 cm³/mol. The van der Waals surface area contributed by atoms with Gasteiger partial charge in [0.2, 0.25) is 0 Å². The molecule has 0 N–H and O–H groups in total. The van der Waals surface area contributed by atoms with Gasteiger partial charge in [-0.25, -0.2) is 13.2 Å². The normalized spacial score (nSPS) is 11.2. The van der Waals surface area contributed by atoms with Crippen molar-refractivity contribution in [3.63, 3.8) is 0 Å². The van der Waals surface area contributed by atoms with Crippen molar-refractivity contribution in [3.8, 4) is 0 Å². The molecule has 0 aliphatic heterocycles. The summed E-state index contributed by atoms with van der Waals surface area (Å²) in [6.45, 7) is 0.142. The van der Waals surface area contributed by atoms with Gasteiger partial charge in [0.05, 0.1) is 30.8 Å². The van der Waals surface area contributed by atoms with Gasteiger partial charge in [-0.05, 0) is 11.6 Å². The highest BCUT2D eigenvalue weighted by Gasteiger charge is 2.17. The van der Waals surface area contributed by atoms with Gasteiger partial charge in [0, 0.05) is 7.11 Å². The SMILES string of the molecule is COCCS(=O)(=O)Cc1ccccc1C(=O)OC. The standard InChI is InChI=1S/C12H16O5S/c1-16-7-8-18(14,15)9-10-5-3-4-6-11(10)12(13)17-2/h3-6H,7-9H2,1-2H3. The fraction of sp³-hybridized carbons (Fsp3) is 0.417. The summed E-state index contributed by atoms with van der Waals surface area (Å²) in [4.78, 5) is 11.5. The molecule has 0 saturated heterocycles. The molecule has 0 fully saturated rings. The molecule has 100 valence electrons. The van der Waals surface area contributed by atoms with Crippen LogP contribution in [0.25, 0.3) is 0 Å². The number of ether oxygens (including phenoxy) is 2. The summed E-state index contributed by atoms with van der Waals surface area (Å²) in [5.74, 6) is -0.798. The maximum Gasteiger partial charge on any atom is 0.338 e. The number of hydrogen-bond acceptors (Lipinski definition) is 5. The van der Waals surface area contributed by atoms with Gasteiger partial charge in [0.1, 0.15) is 0 Å². The lowest BCUT2D eigenvalue weighted by Crippen LogP contribution is -2.16. The molecular formula is C12H16O5S. The highest BCUT2D eigenvalue weighted by molar-refractivity contribution is 7.90. The third-order valence-electron chi connectivity index (χ3n) is 2.40. The maximum atomic E-state index is 11.8. The predicted octanol–water partition coefficient (Wildman–Crippen LogP) is 1.03. The van der Waals surface area contributed by atoms with Gasteiger partial charge in [-0.3, -0.25) is 0 Å². The maximum absolute atomic E-state index is 11.8. The van der Waals surface area contributed by atoms with Crippen molar-refractivity contribution < 1.29 is 22.7 Å². The summed E-state index contributed by atoms with van der Waals surface area (Å²) < 4.78 is 32.9. The molecular weight excluding hydrogens is 256 g/mol. The molecule has 1 rings (SSSR count). The summed E-state index contributed by atoms with van der Waals surface area (Å²) in [7, 11) is -0.589. The first kappa shape index (κ1) is 14.7. The smallest absolute Gasteiger partial charge is 0.338 e. The van der Waals surface area contributed by atoms with E-state index in [1.807, 2.05) is 0 Å². The van der Waals surface area contributed by atoms with Crippen LogP contribution >= 0.6 is 0 Å². The largest absolute Gasteiger partial charge is 0.465 e. The second kappa shape index (κ2) is 6.51. The third-order valence-corrected chi connectivity index (χ3v) is 3.94. The first-order valence-corrected chi connectivity index (χ1v) is 7.18. The molecule has 0 atom stereocenters. The average molecular weight is 272 g/mol. The molecule has 0 spiro atoms. The molecule has 18 heavy (non-hydrogen) atoms. The van der Waals surface area contributed by atoms with Crippen molar-refractivity contribution in [1.82, 2.24) is 0 Å². The Labute approximate surface area is 107 Å². The summed E-state index contributed by atoms with van der Waals surface area (Å²) >= 11 is 0. The first-order chi connectivity index (χ1) is 8.50. The Morgan fingerprint density at radius 2 is 1.89 bits per heavy atom. The molecule has 0 radical (unpaired) electrons. The lowest BCUT2D eigenvalue weighted by Gasteiger charge is -2.08. The van der Waals surface area contributed by atoms with Gasteiger partial charge in [0.25, 0.3) is 0 Å². The van der Waals surface area contributed by atoms with E-state index in [9.17, 15) is 13.2 Å². The minimum Gasteiger partial charge on any atom is -0.465 e. The fourth-order valence-corrected chi connectivity index (χ4v) is 2.77. The van der Waals surface area contributed by atoms with Gasteiger partial charge in [0.15, 0.2) is 9.84 Å². The Morgan fingerprint density at radius 3 is 2.50 bits per heavy atom. The topological polar surface area (TPSA) is 69.7 Å². The first-order valence-electron chi connectivity index (χ1n) is 5.36. The van der Waals surface area contributed by atoms with Crippen molar-refractivity contribution in [2.45, 2.75) is 5.75 Å². The number of methoxy groups -OCH3 is 2. The van der Waals surface area contributed by atoms with Crippen LogP contribution in [-0.4, -0.2) is 41.0 Å². The van der Waals surface area contributed by atoms with Crippen LogP contribution in [0.1, 0.15) is 15.9 Å². The second-order valence-corrected chi connectivity index (χ2v) is 5.92. The molecule has 0 aliphatic carbocycles. The quantitative estimate of drug-likeness (QED) is 0.723. The van der Waals surface area contributed by atoms with E-state index in [0.717, 1.165) is 0 Å². The summed E-state index contributed by atoms with van der Waals surface area (Å²) in [6.07, 6.45) is 0. The van der Waals surface area contributed by atoms with Crippen LogP contribution in [0.3, 0.4) is 0 Å². The molecule has 0 heterocycles. The molecule has 0 aromatic heterocycles. The highest BCUT2D eigenvalue weighted by Crippen LogP contribution is 2.14. The number of carbonyl (C=O) groups is 1. The Hall–Kier alpha value is -1.40. The number of benzene rings is 1. The van der Waals surface area contributed by atoms with Crippen molar-refractivity contribution in [3.05, 3.63) is 35.4 Å². The third kappa shape index (κ3) is 4.12. The van der Waals surface area contributed by atoms with Gasteiger partial charge in [-0.1, -0.05) is 18.2 Å². The average Bonchev–Trinajstić information content (AvgIpc) is 2.36. The molecule has 0 unspecified atom stereocenters. The molecule has 0 aliphatic rings. The molecule has 5 nitrogen and oxygen atoms in total. The molecule has 6 heteroatoms. The number of esters is 1. The zero-order valence-corrected chi connectivity index (χ0v) is 11.2. The number of rotatable bonds is 6. The molecule has 0 bridgehead atoms. The molecule has 0 amide bonds. The molecule has 1 aromatic carbocycles. The lowest BCUT2D eigenvalue weighted by molar-refractivity contribution is 0.0600. The van der Waals surface area contributed by atoms with E-state index in [1.54, 1.807) is 24.3 Å². The minimum atomic E-state index is -3.29. The van der Waals surface area contributed by atoms with Gasteiger partial charge >= 0.3 is 5.97 Å². The van der Waals surface area contributed by atoms with Crippen molar-refractivity contribution in [1.29, 1.82) is 0 Å². The van der Waals surface area contributed by atoms with Crippen LogP contribution in [0.2, 0.25) is 0 Å². The van der Waals surface area contributed by atoms with Gasteiger partial charge in [-0.15, -0.1) is 0 Å². The van der Waals surface area contributed by atoms with E-state index >= 15 is 0 Å². The van der Waals surface area contributed by atoms with E-state index < -0.39 is 15.8 Å². The van der Waals surface area contributed by atoms with Crippen molar-refractivity contribution >= 4 is 15.8 Å². The molecule has 1 aromatic rings. The monoisotopic (exact) mass is 272 g/mol. The van der Waals surface area contributed by atoms with Crippen LogP contribution in [0.5, 0.6) is 0 Å². The van der Waals surface area contributed by atoms with Crippen molar-refractivity contribution in [2.24, 2.45) is 0 Å². The Balaban J connectivity index is 2.94.